The number of hydrogen-bond donors (Lipinski definition) is 2. The first-order valence-electron chi connectivity index (χ1n) is 11.4. The number of aliphatic carboxylic acids is 1. The molecule has 1 heterocycles. The number of alkyl carbamates (subject to hydrolysis) is 1. The third-order valence-electron chi connectivity index (χ3n) is 6.51. The van der Waals surface area contributed by atoms with E-state index in [0.29, 0.717) is 0 Å². The monoisotopic (exact) mass is 482 g/mol. The predicted octanol–water partition coefficient (Wildman–Crippen LogP) is 2.63. The van der Waals surface area contributed by atoms with E-state index in [2.05, 4.69) is 17.4 Å². The van der Waals surface area contributed by atoms with Crippen LogP contribution in [0.15, 0.2) is 48.5 Å². The van der Waals surface area contributed by atoms with Crippen LogP contribution in [0.2, 0.25) is 0 Å². The molecule has 4 rings (SSSR count). The topological polar surface area (TPSA) is 114 Å². The number of ether oxygens (including phenoxy) is 3. The summed E-state index contributed by atoms with van der Waals surface area (Å²) in [4.78, 5) is 38.3. The first-order valence-corrected chi connectivity index (χ1v) is 11.4. The third-order valence-corrected chi connectivity index (χ3v) is 6.51. The zero-order valence-corrected chi connectivity index (χ0v) is 20.1. The van der Waals surface area contributed by atoms with Gasteiger partial charge in [0.05, 0.1) is 19.7 Å². The second-order valence-electron chi connectivity index (χ2n) is 9.51. The van der Waals surface area contributed by atoms with E-state index in [1.54, 1.807) is 13.8 Å². The van der Waals surface area contributed by atoms with E-state index in [4.69, 9.17) is 19.3 Å². The van der Waals surface area contributed by atoms with Gasteiger partial charge in [0, 0.05) is 13.0 Å². The van der Waals surface area contributed by atoms with Gasteiger partial charge < -0.3 is 29.5 Å². The summed E-state index contributed by atoms with van der Waals surface area (Å²) in [7, 11) is 1.45. The summed E-state index contributed by atoms with van der Waals surface area (Å²) >= 11 is 0. The zero-order chi connectivity index (χ0) is 25.2. The van der Waals surface area contributed by atoms with Crippen LogP contribution in [-0.4, -0.2) is 79.1 Å². The zero-order valence-electron chi connectivity index (χ0n) is 20.1. The molecular weight excluding hydrogens is 452 g/mol. The minimum Gasteiger partial charge on any atom is -0.480 e. The minimum absolute atomic E-state index is 0.0563. The molecule has 0 radical (unpaired) electrons. The number of benzene rings is 2. The molecule has 1 saturated heterocycles. The quantitative estimate of drug-likeness (QED) is 0.565. The Morgan fingerprint density at radius 3 is 2.20 bits per heavy atom. The Bertz CT molecular complexity index is 1080. The van der Waals surface area contributed by atoms with Gasteiger partial charge >= 0.3 is 12.1 Å². The van der Waals surface area contributed by atoms with Gasteiger partial charge in [0.25, 0.3) is 5.91 Å². The summed E-state index contributed by atoms with van der Waals surface area (Å²) in [6, 6.07) is 16.1. The Hall–Kier alpha value is -3.43. The molecule has 0 spiro atoms. The average molecular weight is 483 g/mol. The molecule has 0 aromatic heterocycles. The number of nitrogens with zero attached hydrogens (tertiary/aromatic N) is 1. The molecule has 1 unspecified atom stereocenters. The lowest BCUT2D eigenvalue weighted by Crippen LogP contribution is -2.70. The minimum atomic E-state index is -1.36. The van der Waals surface area contributed by atoms with Crippen molar-refractivity contribution in [3.05, 3.63) is 59.7 Å². The van der Waals surface area contributed by atoms with Gasteiger partial charge in [-0.15, -0.1) is 0 Å². The van der Waals surface area contributed by atoms with Gasteiger partial charge in [-0.05, 0) is 36.1 Å². The molecule has 2 amide bonds. The molecule has 2 aromatic carbocycles. The molecule has 2 aromatic rings. The number of carboxylic acid groups (broad SMARTS) is 1. The van der Waals surface area contributed by atoms with Gasteiger partial charge in [0.1, 0.15) is 24.4 Å². The molecule has 1 atom stereocenters. The van der Waals surface area contributed by atoms with Gasteiger partial charge in [-0.3, -0.25) is 4.79 Å². The average Bonchev–Trinajstić information content (AvgIpc) is 3.13. The Labute approximate surface area is 204 Å². The van der Waals surface area contributed by atoms with Crippen molar-refractivity contribution in [1.29, 1.82) is 0 Å². The van der Waals surface area contributed by atoms with E-state index < -0.39 is 29.8 Å². The molecule has 9 nitrogen and oxygen atoms in total. The molecule has 9 heteroatoms. The summed E-state index contributed by atoms with van der Waals surface area (Å²) in [5.41, 5.74) is 2.35. The Morgan fingerprint density at radius 1 is 1.09 bits per heavy atom. The van der Waals surface area contributed by atoms with Crippen molar-refractivity contribution in [3.8, 4) is 11.1 Å². The second-order valence-corrected chi connectivity index (χ2v) is 9.51. The number of methoxy groups -OCH3 is 1. The highest BCUT2D eigenvalue weighted by atomic mass is 16.6. The van der Waals surface area contributed by atoms with Crippen molar-refractivity contribution < 1.29 is 33.7 Å². The number of rotatable bonds is 9. The van der Waals surface area contributed by atoms with Crippen LogP contribution in [0, 0.1) is 0 Å². The van der Waals surface area contributed by atoms with Crippen molar-refractivity contribution in [1.82, 2.24) is 10.2 Å². The normalized spacial score (nSPS) is 17.5. The van der Waals surface area contributed by atoms with Crippen LogP contribution in [0.5, 0.6) is 0 Å². The maximum absolute atomic E-state index is 13.2. The molecule has 1 fully saturated rings. The maximum atomic E-state index is 13.2. The molecule has 2 aliphatic rings. The smallest absolute Gasteiger partial charge is 0.408 e. The largest absolute Gasteiger partial charge is 0.480 e. The van der Waals surface area contributed by atoms with Crippen LogP contribution in [0.1, 0.15) is 30.9 Å². The van der Waals surface area contributed by atoms with Crippen LogP contribution < -0.4 is 5.32 Å². The van der Waals surface area contributed by atoms with E-state index in [0.717, 1.165) is 22.3 Å². The molecule has 1 aliphatic carbocycles. The van der Waals surface area contributed by atoms with Crippen molar-refractivity contribution in [2.24, 2.45) is 0 Å². The fourth-order valence-electron chi connectivity index (χ4n) is 4.88. The van der Waals surface area contributed by atoms with Crippen LogP contribution in [0.25, 0.3) is 11.1 Å². The molecule has 2 N–H and O–H groups in total. The third kappa shape index (κ3) is 5.01. The first kappa shape index (κ1) is 24.7. The van der Waals surface area contributed by atoms with Gasteiger partial charge in [-0.25, -0.2) is 9.59 Å². The fourth-order valence-corrected chi connectivity index (χ4v) is 4.88. The number of amides is 2. The number of likely N-dealkylation sites (tertiary alicyclic amines) is 1. The van der Waals surface area contributed by atoms with Crippen molar-refractivity contribution in [3.63, 3.8) is 0 Å². The number of fused-ring (bicyclic) bond motifs is 3. The highest BCUT2D eigenvalue weighted by molar-refractivity contribution is 5.90. The summed E-state index contributed by atoms with van der Waals surface area (Å²) < 4.78 is 16.2. The highest BCUT2D eigenvalue weighted by Crippen LogP contribution is 2.44. The number of carbonyl (C=O) groups excluding carboxylic acids is 2. The van der Waals surface area contributed by atoms with E-state index in [9.17, 15) is 14.4 Å². The van der Waals surface area contributed by atoms with Crippen molar-refractivity contribution >= 4 is 18.0 Å². The summed E-state index contributed by atoms with van der Waals surface area (Å²) in [5.74, 6) is -1.53. The summed E-state index contributed by atoms with van der Waals surface area (Å²) in [5, 5.41) is 11.5. The standard InChI is InChI=1S/C26H30N2O7/c1-25(35-13-22(29)30)14-28(15-25)23(31)26(2,16-33-3)27-24(32)34-12-21-19-10-6-4-8-17(19)18-9-5-7-11-20(18)21/h4-11,21H,12-16H2,1-3H3,(H,27,32)(H,29,30). The molecular formula is C26H30N2O7. The molecule has 35 heavy (non-hydrogen) atoms. The number of carbonyl (C=O) groups is 3. The van der Waals surface area contributed by atoms with Crippen LogP contribution in [0.3, 0.4) is 0 Å². The van der Waals surface area contributed by atoms with Crippen LogP contribution >= 0.6 is 0 Å². The first-order chi connectivity index (χ1) is 16.7. The van der Waals surface area contributed by atoms with E-state index in [-0.39, 0.29) is 38.1 Å². The molecule has 186 valence electrons. The Balaban J connectivity index is 1.39. The SMILES string of the molecule is COCC(C)(NC(=O)OCC1c2ccccc2-c2ccccc21)C(=O)N1CC(C)(OCC(=O)O)C1. The maximum Gasteiger partial charge on any atom is 0.408 e. The number of nitrogens with one attached hydrogen (secondary N) is 1. The lowest BCUT2D eigenvalue weighted by Gasteiger charge is -2.49. The van der Waals surface area contributed by atoms with Crippen LogP contribution in [-0.2, 0) is 23.8 Å². The molecule has 0 bridgehead atoms. The lowest BCUT2D eigenvalue weighted by atomic mass is 9.91. The second kappa shape index (κ2) is 9.67. The Kier molecular flexibility index (Phi) is 6.82. The van der Waals surface area contributed by atoms with Gasteiger partial charge in [-0.1, -0.05) is 48.5 Å². The van der Waals surface area contributed by atoms with Gasteiger partial charge in [-0.2, -0.15) is 0 Å². The van der Waals surface area contributed by atoms with E-state index in [1.165, 1.54) is 12.0 Å². The summed E-state index contributed by atoms with van der Waals surface area (Å²) in [6.07, 6.45) is -0.717. The van der Waals surface area contributed by atoms with Crippen LogP contribution in [0.4, 0.5) is 4.79 Å². The van der Waals surface area contributed by atoms with Gasteiger partial charge in [0.2, 0.25) is 0 Å². The lowest BCUT2D eigenvalue weighted by molar-refractivity contribution is -0.177. The molecule has 0 saturated carbocycles. The van der Waals surface area contributed by atoms with Gasteiger partial charge in [0.15, 0.2) is 0 Å². The molecule has 1 aliphatic heterocycles. The Morgan fingerprint density at radius 2 is 1.66 bits per heavy atom. The van der Waals surface area contributed by atoms with Crippen molar-refractivity contribution in [2.45, 2.75) is 30.9 Å². The van der Waals surface area contributed by atoms with E-state index >= 15 is 0 Å². The number of hydrogen-bond acceptors (Lipinski definition) is 6. The van der Waals surface area contributed by atoms with Crippen molar-refractivity contribution in [2.75, 3.05) is 40.0 Å². The fraction of sp³-hybridized carbons (Fsp3) is 0.423. The highest BCUT2D eigenvalue weighted by Gasteiger charge is 2.49. The summed E-state index contributed by atoms with van der Waals surface area (Å²) in [6.45, 7) is 3.38. The van der Waals surface area contributed by atoms with E-state index in [1.807, 2.05) is 36.4 Å². The number of carboxylic acids is 1. The predicted molar refractivity (Wildman–Crippen MR) is 127 cm³/mol.